The van der Waals surface area contributed by atoms with Gasteiger partial charge in [-0.2, -0.15) is 0 Å². The molecule has 0 bridgehead atoms. The molecule has 1 aliphatic rings. The van der Waals surface area contributed by atoms with E-state index in [2.05, 4.69) is 34.3 Å². The minimum Gasteiger partial charge on any atom is -0.357 e. The maximum Gasteiger partial charge on any atom is 0.226 e. The topological polar surface area (TPSA) is 45.2 Å². The lowest BCUT2D eigenvalue weighted by Crippen LogP contribution is -2.50. The van der Waals surface area contributed by atoms with Gasteiger partial charge in [-0.15, -0.1) is 0 Å². The van der Waals surface area contributed by atoms with Gasteiger partial charge in [-0.3, -0.25) is 4.79 Å². The van der Waals surface area contributed by atoms with E-state index in [1.807, 2.05) is 27.0 Å². The molecule has 2 rings (SSSR count). The maximum absolute atomic E-state index is 12.5. The molecule has 0 spiro atoms. The molecule has 1 aromatic heterocycles. The van der Waals surface area contributed by atoms with Crippen LogP contribution >= 0.6 is 0 Å². The summed E-state index contributed by atoms with van der Waals surface area (Å²) in [5.41, 5.74) is 0.973. The number of hydrogen-bond donors (Lipinski definition) is 1. The number of aromatic nitrogens is 1. The molecule has 1 fully saturated rings. The highest BCUT2D eigenvalue weighted by atomic mass is 16.2. The first kappa shape index (κ1) is 15.8. The van der Waals surface area contributed by atoms with Gasteiger partial charge in [0.2, 0.25) is 5.91 Å². The van der Waals surface area contributed by atoms with Crippen molar-refractivity contribution >= 4 is 11.7 Å². The van der Waals surface area contributed by atoms with Crippen LogP contribution in [-0.4, -0.2) is 30.0 Å². The zero-order chi connectivity index (χ0) is 15.5. The molecule has 1 saturated heterocycles. The lowest BCUT2D eigenvalue weighted by molar-refractivity contribution is -0.133. The van der Waals surface area contributed by atoms with E-state index in [-0.39, 0.29) is 17.4 Å². The van der Waals surface area contributed by atoms with E-state index in [1.54, 1.807) is 0 Å². The van der Waals surface area contributed by atoms with Crippen LogP contribution < -0.4 is 10.2 Å². The number of nitrogens with zero attached hydrogens (tertiary/aromatic N) is 2. The molecular formula is C17H27N3O. The Bertz CT molecular complexity index is 473. The molecule has 2 heterocycles. The Hall–Kier alpha value is -1.58. The monoisotopic (exact) mass is 289 g/mol. The van der Waals surface area contributed by atoms with Gasteiger partial charge in [0, 0.05) is 25.3 Å². The fourth-order valence-corrected chi connectivity index (χ4v) is 2.97. The molecule has 0 atom stereocenters. The van der Waals surface area contributed by atoms with Gasteiger partial charge in [-0.05, 0) is 51.7 Å². The van der Waals surface area contributed by atoms with E-state index in [4.69, 9.17) is 0 Å². The standard InChI is InChI=1S/C17H27N3O/c1-5-17(16(21)19-13(2)3)8-10-20(11-9-17)15-7-6-14(4)12-18-15/h6-7,12-13H,5,8-11H2,1-4H3,(H,19,21). The van der Waals surface area contributed by atoms with E-state index >= 15 is 0 Å². The summed E-state index contributed by atoms with van der Waals surface area (Å²) in [7, 11) is 0. The highest BCUT2D eigenvalue weighted by molar-refractivity contribution is 5.83. The Morgan fingerprint density at radius 3 is 2.52 bits per heavy atom. The van der Waals surface area contributed by atoms with Crippen molar-refractivity contribution < 1.29 is 4.79 Å². The van der Waals surface area contributed by atoms with E-state index < -0.39 is 0 Å². The second-order valence-corrected chi connectivity index (χ2v) is 6.44. The third-order valence-electron chi connectivity index (χ3n) is 4.52. The lowest BCUT2D eigenvalue weighted by Gasteiger charge is -2.41. The Morgan fingerprint density at radius 1 is 1.38 bits per heavy atom. The highest BCUT2D eigenvalue weighted by Crippen LogP contribution is 2.36. The zero-order valence-electron chi connectivity index (χ0n) is 13.6. The van der Waals surface area contributed by atoms with Gasteiger partial charge in [-0.25, -0.2) is 4.98 Å². The van der Waals surface area contributed by atoms with Crippen molar-refractivity contribution in [3.63, 3.8) is 0 Å². The summed E-state index contributed by atoms with van der Waals surface area (Å²) in [6.45, 7) is 10.0. The Kier molecular flexibility index (Phi) is 4.86. The van der Waals surface area contributed by atoms with Crippen molar-refractivity contribution in [3.05, 3.63) is 23.9 Å². The molecule has 1 N–H and O–H groups in total. The third-order valence-corrected chi connectivity index (χ3v) is 4.52. The number of carbonyl (C=O) groups is 1. The zero-order valence-corrected chi connectivity index (χ0v) is 13.6. The summed E-state index contributed by atoms with van der Waals surface area (Å²) >= 11 is 0. The Morgan fingerprint density at radius 2 is 2.05 bits per heavy atom. The van der Waals surface area contributed by atoms with Crippen LogP contribution in [0.4, 0.5) is 5.82 Å². The fourth-order valence-electron chi connectivity index (χ4n) is 2.97. The SMILES string of the molecule is CCC1(C(=O)NC(C)C)CCN(c2ccc(C)cn2)CC1. The molecule has 1 aliphatic heterocycles. The number of amides is 1. The van der Waals surface area contributed by atoms with Crippen molar-refractivity contribution in [2.24, 2.45) is 5.41 Å². The maximum atomic E-state index is 12.5. The smallest absolute Gasteiger partial charge is 0.226 e. The van der Waals surface area contributed by atoms with Crippen LogP contribution in [0.5, 0.6) is 0 Å². The molecule has 4 heteroatoms. The molecule has 0 aliphatic carbocycles. The largest absolute Gasteiger partial charge is 0.357 e. The van der Waals surface area contributed by atoms with Gasteiger partial charge >= 0.3 is 0 Å². The van der Waals surface area contributed by atoms with Gasteiger partial charge in [0.15, 0.2) is 0 Å². The highest BCUT2D eigenvalue weighted by Gasteiger charge is 2.40. The summed E-state index contributed by atoms with van der Waals surface area (Å²) in [5.74, 6) is 1.24. The number of hydrogen-bond acceptors (Lipinski definition) is 3. The molecule has 0 unspecified atom stereocenters. The average Bonchev–Trinajstić information content (AvgIpc) is 2.47. The van der Waals surface area contributed by atoms with Crippen LogP contribution in [0, 0.1) is 12.3 Å². The molecule has 1 amide bonds. The summed E-state index contributed by atoms with van der Waals surface area (Å²) < 4.78 is 0. The van der Waals surface area contributed by atoms with Gasteiger partial charge in [0.05, 0.1) is 5.41 Å². The number of rotatable bonds is 4. The number of aryl methyl sites for hydroxylation is 1. The predicted octanol–water partition coefficient (Wildman–Crippen LogP) is 2.91. The predicted molar refractivity (Wildman–Crippen MR) is 86.4 cm³/mol. The van der Waals surface area contributed by atoms with Crippen LogP contribution in [0.3, 0.4) is 0 Å². The average molecular weight is 289 g/mol. The van der Waals surface area contributed by atoms with Crippen molar-refractivity contribution in [2.45, 2.75) is 53.0 Å². The molecule has 116 valence electrons. The second kappa shape index (κ2) is 6.46. The molecule has 4 nitrogen and oxygen atoms in total. The Balaban J connectivity index is 2.03. The molecule has 21 heavy (non-hydrogen) atoms. The summed E-state index contributed by atoms with van der Waals surface area (Å²) in [5, 5.41) is 3.09. The van der Waals surface area contributed by atoms with Gasteiger partial charge in [-0.1, -0.05) is 13.0 Å². The first-order valence-electron chi connectivity index (χ1n) is 7.95. The number of piperidine rings is 1. The van der Waals surface area contributed by atoms with Gasteiger partial charge in [0.1, 0.15) is 5.82 Å². The summed E-state index contributed by atoms with van der Waals surface area (Å²) in [4.78, 5) is 19.3. The van der Waals surface area contributed by atoms with Crippen LogP contribution in [0.15, 0.2) is 18.3 Å². The number of carbonyl (C=O) groups excluding carboxylic acids is 1. The van der Waals surface area contributed by atoms with Gasteiger partial charge < -0.3 is 10.2 Å². The van der Waals surface area contributed by atoms with E-state index in [9.17, 15) is 4.79 Å². The van der Waals surface area contributed by atoms with Crippen molar-refractivity contribution in [1.29, 1.82) is 0 Å². The number of pyridine rings is 1. The second-order valence-electron chi connectivity index (χ2n) is 6.44. The fraction of sp³-hybridized carbons (Fsp3) is 0.647. The molecule has 0 aromatic carbocycles. The molecular weight excluding hydrogens is 262 g/mol. The van der Waals surface area contributed by atoms with Crippen LogP contribution in [-0.2, 0) is 4.79 Å². The Labute approximate surface area is 127 Å². The van der Waals surface area contributed by atoms with Crippen LogP contribution in [0.2, 0.25) is 0 Å². The van der Waals surface area contributed by atoms with E-state index in [0.29, 0.717) is 0 Å². The van der Waals surface area contributed by atoms with E-state index in [0.717, 1.165) is 38.2 Å². The van der Waals surface area contributed by atoms with Crippen molar-refractivity contribution in [3.8, 4) is 0 Å². The number of nitrogens with one attached hydrogen (secondary N) is 1. The van der Waals surface area contributed by atoms with Crippen molar-refractivity contribution in [1.82, 2.24) is 10.3 Å². The van der Waals surface area contributed by atoms with Crippen LogP contribution in [0.1, 0.15) is 45.6 Å². The molecule has 1 aromatic rings. The third kappa shape index (κ3) is 3.55. The molecule has 0 saturated carbocycles. The van der Waals surface area contributed by atoms with Gasteiger partial charge in [0.25, 0.3) is 0 Å². The number of anilines is 1. The van der Waals surface area contributed by atoms with Crippen LogP contribution in [0.25, 0.3) is 0 Å². The van der Waals surface area contributed by atoms with E-state index in [1.165, 1.54) is 5.56 Å². The minimum absolute atomic E-state index is 0.203. The lowest BCUT2D eigenvalue weighted by atomic mass is 9.75. The first-order valence-corrected chi connectivity index (χ1v) is 7.95. The molecule has 0 radical (unpaired) electrons. The summed E-state index contributed by atoms with van der Waals surface area (Å²) in [6, 6.07) is 4.37. The summed E-state index contributed by atoms with van der Waals surface area (Å²) in [6.07, 6.45) is 4.61. The normalized spacial score (nSPS) is 17.9. The van der Waals surface area contributed by atoms with Crippen molar-refractivity contribution in [2.75, 3.05) is 18.0 Å². The minimum atomic E-state index is -0.203. The first-order chi connectivity index (χ1) is 9.97. The quantitative estimate of drug-likeness (QED) is 0.927.